The molecule has 3 aromatic heterocycles. The number of thiazole rings is 1. The maximum atomic E-state index is 12.2. The number of rotatable bonds is 4. The van der Waals surface area contributed by atoms with Crippen molar-refractivity contribution in [1.82, 2.24) is 20.2 Å². The normalized spacial score (nSPS) is 10.6. The molecule has 2 N–H and O–H groups in total. The fourth-order valence-electron chi connectivity index (χ4n) is 1.67. The highest BCUT2D eigenvalue weighted by Crippen LogP contribution is 2.31. The van der Waals surface area contributed by atoms with Crippen molar-refractivity contribution < 1.29 is 9.53 Å². The molecule has 0 fully saturated rings. The number of ether oxygens (including phenoxy) is 1. The van der Waals surface area contributed by atoms with Crippen LogP contribution < -0.4 is 10.1 Å². The first-order valence-corrected chi connectivity index (χ1v) is 7.66. The molecule has 108 valence electrons. The number of carbonyl (C=O) groups is 1. The van der Waals surface area contributed by atoms with Crippen molar-refractivity contribution in [3.05, 3.63) is 28.1 Å². The van der Waals surface area contributed by atoms with E-state index in [9.17, 15) is 4.79 Å². The number of amides is 1. The molecule has 0 spiro atoms. The standard InChI is InChI=1S/C12H11N5O2S2/c1-6-8(21-10(13-6)7-4-3-5-20-7)9(18)14-11-15-12(19-2)17-16-11/h3-5H,1-2H3,(H2,14,15,16,17,18). The van der Waals surface area contributed by atoms with Gasteiger partial charge in [0.2, 0.25) is 5.95 Å². The lowest BCUT2D eigenvalue weighted by Gasteiger charge is -1.98. The summed E-state index contributed by atoms with van der Waals surface area (Å²) in [4.78, 5) is 22.2. The summed E-state index contributed by atoms with van der Waals surface area (Å²) >= 11 is 2.94. The van der Waals surface area contributed by atoms with E-state index in [1.807, 2.05) is 24.4 Å². The van der Waals surface area contributed by atoms with Gasteiger partial charge in [0, 0.05) is 0 Å². The first-order valence-electron chi connectivity index (χ1n) is 5.96. The van der Waals surface area contributed by atoms with Crippen molar-refractivity contribution in [3.63, 3.8) is 0 Å². The molecule has 0 saturated carbocycles. The van der Waals surface area contributed by atoms with Gasteiger partial charge >= 0.3 is 6.01 Å². The highest BCUT2D eigenvalue weighted by atomic mass is 32.1. The predicted octanol–water partition coefficient (Wildman–Crippen LogP) is 2.56. The molecule has 0 bridgehead atoms. The second-order valence-corrected chi connectivity index (χ2v) is 5.98. The molecular formula is C12H11N5O2S2. The molecule has 3 rings (SSSR count). The van der Waals surface area contributed by atoms with Crippen molar-refractivity contribution in [1.29, 1.82) is 0 Å². The summed E-state index contributed by atoms with van der Waals surface area (Å²) < 4.78 is 4.85. The van der Waals surface area contributed by atoms with Crippen molar-refractivity contribution in [2.24, 2.45) is 0 Å². The van der Waals surface area contributed by atoms with Gasteiger partial charge in [-0.2, -0.15) is 4.98 Å². The van der Waals surface area contributed by atoms with Crippen molar-refractivity contribution in [2.75, 3.05) is 12.4 Å². The largest absolute Gasteiger partial charge is 0.466 e. The minimum Gasteiger partial charge on any atom is -0.466 e. The van der Waals surface area contributed by atoms with Gasteiger partial charge in [0.1, 0.15) is 9.88 Å². The Bertz CT molecular complexity index is 763. The smallest absolute Gasteiger partial charge is 0.336 e. The van der Waals surface area contributed by atoms with E-state index >= 15 is 0 Å². The zero-order valence-corrected chi connectivity index (χ0v) is 12.8. The zero-order valence-electron chi connectivity index (χ0n) is 11.2. The number of aromatic nitrogens is 4. The van der Waals surface area contributed by atoms with Crippen LogP contribution >= 0.6 is 22.7 Å². The molecule has 9 heteroatoms. The van der Waals surface area contributed by atoms with E-state index in [2.05, 4.69) is 25.5 Å². The third-order valence-corrected chi connectivity index (χ3v) is 4.81. The van der Waals surface area contributed by atoms with Crippen molar-refractivity contribution in [2.45, 2.75) is 6.92 Å². The van der Waals surface area contributed by atoms with Gasteiger partial charge < -0.3 is 4.74 Å². The molecule has 0 radical (unpaired) electrons. The van der Waals surface area contributed by atoms with Gasteiger partial charge in [-0.3, -0.25) is 10.1 Å². The summed E-state index contributed by atoms with van der Waals surface area (Å²) in [5.41, 5.74) is 0.687. The van der Waals surface area contributed by atoms with E-state index in [0.29, 0.717) is 10.6 Å². The van der Waals surface area contributed by atoms with E-state index < -0.39 is 0 Å². The molecule has 0 saturated heterocycles. The molecule has 0 unspecified atom stereocenters. The van der Waals surface area contributed by atoms with Gasteiger partial charge in [0.15, 0.2) is 0 Å². The minimum absolute atomic E-state index is 0.172. The molecule has 21 heavy (non-hydrogen) atoms. The Labute approximate surface area is 128 Å². The van der Waals surface area contributed by atoms with Crippen LogP contribution in [0.25, 0.3) is 9.88 Å². The molecule has 0 aliphatic rings. The summed E-state index contributed by atoms with van der Waals surface area (Å²) in [6, 6.07) is 4.11. The SMILES string of the molecule is COc1n[nH]c(NC(=O)c2sc(-c3cccs3)nc2C)n1. The van der Waals surface area contributed by atoms with E-state index in [1.54, 1.807) is 11.3 Å². The number of nitrogens with one attached hydrogen (secondary N) is 2. The van der Waals surface area contributed by atoms with Crippen LogP contribution in [-0.2, 0) is 0 Å². The van der Waals surface area contributed by atoms with Crippen LogP contribution in [0.5, 0.6) is 6.01 Å². The summed E-state index contributed by atoms with van der Waals surface area (Å²) in [6.07, 6.45) is 0. The van der Waals surface area contributed by atoms with Crippen LogP contribution in [-0.4, -0.2) is 33.2 Å². The van der Waals surface area contributed by atoms with E-state index in [0.717, 1.165) is 9.88 Å². The Kier molecular flexibility index (Phi) is 3.67. The Morgan fingerprint density at radius 3 is 2.95 bits per heavy atom. The number of aryl methyl sites for hydroxylation is 1. The molecule has 0 atom stereocenters. The first-order chi connectivity index (χ1) is 10.2. The van der Waals surface area contributed by atoms with Crippen LogP contribution in [0.4, 0.5) is 5.95 Å². The number of methoxy groups -OCH3 is 1. The second kappa shape index (κ2) is 5.62. The third kappa shape index (κ3) is 2.78. The Balaban J connectivity index is 1.81. The average Bonchev–Trinajstić information content (AvgIpc) is 3.17. The number of thiophene rings is 1. The Morgan fingerprint density at radius 1 is 1.43 bits per heavy atom. The molecule has 3 heterocycles. The fourth-order valence-corrected chi connectivity index (χ4v) is 3.43. The van der Waals surface area contributed by atoms with Crippen LogP contribution in [0.2, 0.25) is 0 Å². The quantitative estimate of drug-likeness (QED) is 0.770. The van der Waals surface area contributed by atoms with Gasteiger partial charge in [-0.15, -0.1) is 27.8 Å². The fraction of sp³-hybridized carbons (Fsp3) is 0.167. The number of carbonyl (C=O) groups excluding carboxylic acids is 1. The second-order valence-electron chi connectivity index (χ2n) is 4.04. The lowest BCUT2D eigenvalue weighted by molar-refractivity contribution is 0.102. The number of H-pyrrole nitrogens is 1. The van der Waals surface area contributed by atoms with Gasteiger partial charge in [-0.05, 0) is 18.4 Å². The number of nitrogens with zero attached hydrogens (tertiary/aromatic N) is 3. The third-order valence-electron chi connectivity index (χ3n) is 2.61. The molecule has 0 aromatic carbocycles. The highest BCUT2D eigenvalue weighted by Gasteiger charge is 2.18. The van der Waals surface area contributed by atoms with Gasteiger partial charge in [-0.1, -0.05) is 6.07 Å². The van der Waals surface area contributed by atoms with Crippen LogP contribution in [0.3, 0.4) is 0 Å². The summed E-state index contributed by atoms with van der Waals surface area (Å²) in [5.74, 6) is -0.0334. The van der Waals surface area contributed by atoms with Crippen LogP contribution in [0.1, 0.15) is 15.4 Å². The maximum Gasteiger partial charge on any atom is 0.336 e. The van der Waals surface area contributed by atoms with E-state index in [1.165, 1.54) is 18.4 Å². The number of anilines is 1. The average molecular weight is 321 g/mol. The topological polar surface area (TPSA) is 92.8 Å². The Hall–Kier alpha value is -2.26. The summed E-state index contributed by atoms with van der Waals surface area (Å²) in [5, 5.41) is 11.8. The minimum atomic E-state index is -0.272. The lowest BCUT2D eigenvalue weighted by atomic mass is 10.4. The van der Waals surface area contributed by atoms with Gasteiger partial charge in [0.05, 0.1) is 17.7 Å². The predicted molar refractivity (Wildman–Crippen MR) is 81.1 cm³/mol. The summed E-state index contributed by atoms with van der Waals surface area (Å²) in [7, 11) is 1.45. The van der Waals surface area contributed by atoms with Crippen LogP contribution in [0, 0.1) is 6.92 Å². The zero-order chi connectivity index (χ0) is 14.8. The van der Waals surface area contributed by atoms with Gasteiger partial charge in [-0.25, -0.2) is 10.1 Å². The molecule has 0 aliphatic carbocycles. The Morgan fingerprint density at radius 2 is 2.29 bits per heavy atom. The van der Waals surface area contributed by atoms with E-state index in [4.69, 9.17) is 4.74 Å². The highest BCUT2D eigenvalue weighted by molar-refractivity contribution is 7.22. The molecule has 3 aromatic rings. The van der Waals surface area contributed by atoms with Crippen molar-refractivity contribution >= 4 is 34.5 Å². The van der Waals surface area contributed by atoms with Gasteiger partial charge in [0.25, 0.3) is 5.91 Å². The molecule has 7 nitrogen and oxygen atoms in total. The molecule has 0 aliphatic heterocycles. The number of aromatic amines is 1. The monoisotopic (exact) mass is 321 g/mol. The first kappa shape index (κ1) is 13.7. The lowest BCUT2D eigenvalue weighted by Crippen LogP contribution is -2.12. The molecule has 1 amide bonds. The van der Waals surface area contributed by atoms with E-state index in [-0.39, 0.29) is 17.9 Å². The number of hydrogen-bond acceptors (Lipinski definition) is 7. The maximum absolute atomic E-state index is 12.2. The summed E-state index contributed by atoms with van der Waals surface area (Å²) in [6.45, 7) is 1.81. The molecular weight excluding hydrogens is 310 g/mol. The van der Waals surface area contributed by atoms with Crippen molar-refractivity contribution in [3.8, 4) is 15.9 Å². The number of hydrogen-bond donors (Lipinski definition) is 2. The van der Waals surface area contributed by atoms with Crippen LogP contribution in [0.15, 0.2) is 17.5 Å².